The first-order chi connectivity index (χ1) is 15.3. The van der Waals surface area contributed by atoms with Gasteiger partial charge in [-0.25, -0.2) is 18.4 Å². The molecule has 3 fully saturated rings. The molecule has 0 unspecified atom stereocenters. The Bertz CT molecular complexity index is 969. The second kappa shape index (κ2) is 7.75. The van der Waals surface area contributed by atoms with Crippen LogP contribution in [0.25, 0.3) is 0 Å². The first kappa shape index (κ1) is 24.6. The number of halogens is 4. The lowest BCUT2D eigenvalue weighted by molar-refractivity contribution is -0.234. The molecule has 0 radical (unpaired) electrons. The van der Waals surface area contributed by atoms with Crippen molar-refractivity contribution in [2.75, 3.05) is 7.11 Å². The molecule has 4 aliphatic carbocycles. The monoisotopic (exact) mass is 506 g/mol. The molecule has 0 aromatic carbocycles. The lowest BCUT2D eigenvalue weighted by Gasteiger charge is -2.62. The van der Waals surface area contributed by atoms with E-state index in [4.69, 9.17) is 32.7 Å². The molecule has 4 rings (SSSR count). The van der Waals surface area contributed by atoms with Crippen molar-refractivity contribution < 1.29 is 37.7 Å². The van der Waals surface area contributed by atoms with Gasteiger partial charge in [-0.1, -0.05) is 36.2 Å². The molecule has 1 N–H and O–H groups in total. The van der Waals surface area contributed by atoms with Crippen molar-refractivity contribution in [3.63, 3.8) is 0 Å². The molecule has 10 heteroatoms. The summed E-state index contributed by atoms with van der Waals surface area (Å²) >= 11 is 11.3. The molecule has 0 bridgehead atoms. The maximum Gasteiger partial charge on any atom is 0.350 e. The summed E-state index contributed by atoms with van der Waals surface area (Å²) in [6.07, 6.45) is 0.0425. The summed E-state index contributed by atoms with van der Waals surface area (Å²) in [7, 11) is 1.13. The fourth-order valence-electron chi connectivity index (χ4n) is 7.12. The molecule has 6 nitrogen and oxygen atoms in total. The molecule has 0 aliphatic heterocycles. The van der Waals surface area contributed by atoms with Crippen molar-refractivity contribution >= 4 is 40.9 Å². The number of hydrogen-bond donors (Lipinski definition) is 1. The number of aliphatic hydroxyl groups is 1. The summed E-state index contributed by atoms with van der Waals surface area (Å²) in [6.45, 7) is 3.11. The number of rotatable bonds is 3. The molecular weight excluding hydrogens is 481 g/mol. The maximum atomic E-state index is 17.1. The molecule has 8 atom stereocenters. The average Bonchev–Trinajstić information content (AvgIpc) is 3.03. The summed E-state index contributed by atoms with van der Waals surface area (Å²) < 4.78 is 43.0. The molecule has 0 spiro atoms. The second-order valence-corrected chi connectivity index (χ2v) is 11.0. The van der Waals surface area contributed by atoms with Gasteiger partial charge in [-0.3, -0.25) is 4.79 Å². The SMILES string of the molecule is COC(=O)[C@@]1(OC(=O)C(Cl)Cl)CC[C@H]2[C@@H]3C[C@H](F)C4=CC(=O)C=C[C@]4(C)[C@@]3(F)[C@@H](O)C[C@@]21C. The van der Waals surface area contributed by atoms with Crippen molar-refractivity contribution in [2.24, 2.45) is 22.7 Å². The number of carbonyl (C=O) groups excluding carboxylic acids is 3. The van der Waals surface area contributed by atoms with E-state index in [9.17, 15) is 19.5 Å². The molecule has 33 heavy (non-hydrogen) atoms. The summed E-state index contributed by atoms with van der Waals surface area (Å²) in [5.74, 6) is -4.01. The van der Waals surface area contributed by atoms with E-state index in [0.717, 1.165) is 13.2 Å². The number of methoxy groups -OCH3 is 1. The highest BCUT2D eigenvalue weighted by Crippen LogP contribution is 2.70. The van der Waals surface area contributed by atoms with Crippen molar-refractivity contribution in [2.45, 2.75) is 67.9 Å². The Morgan fingerprint density at radius 1 is 1.27 bits per heavy atom. The normalized spacial score (nSPS) is 46.2. The van der Waals surface area contributed by atoms with Crippen LogP contribution in [0.2, 0.25) is 0 Å². The van der Waals surface area contributed by atoms with Crippen molar-refractivity contribution in [3.8, 4) is 0 Å². The number of hydrogen-bond acceptors (Lipinski definition) is 6. The van der Waals surface area contributed by atoms with Gasteiger partial charge < -0.3 is 14.6 Å². The van der Waals surface area contributed by atoms with Crippen LogP contribution < -0.4 is 0 Å². The largest absolute Gasteiger partial charge is 0.466 e. The topological polar surface area (TPSA) is 89.9 Å². The standard InChI is InChI=1S/C23H26Cl2F2O6/c1-20-6-4-11(28)8-14(20)15(26)9-13-12-5-7-22(19(31)32-3,33-18(30)17(24)25)21(12,2)10-16(29)23(13,20)27/h4,6,8,12-13,15-17,29H,5,7,9-10H2,1-3H3/t12-,13-,15-,16-,20-,21-,22-,23-/m0/s1. The van der Waals surface area contributed by atoms with E-state index in [-0.39, 0.29) is 31.3 Å². The quantitative estimate of drug-likeness (QED) is 0.464. The second-order valence-electron chi connectivity index (χ2n) is 9.94. The minimum atomic E-state index is -2.31. The highest BCUT2D eigenvalue weighted by Gasteiger charge is 2.77. The highest BCUT2D eigenvalue weighted by molar-refractivity contribution is 6.53. The Balaban J connectivity index is 1.83. The molecule has 0 aromatic heterocycles. The minimum absolute atomic E-state index is 0.00665. The number of ketones is 1. The third kappa shape index (κ3) is 3.02. The van der Waals surface area contributed by atoms with E-state index in [1.165, 1.54) is 19.1 Å². The van der Waals surface area contributed by atoms with Gasteiger partial charge in [0, 0.05) is 16.7 Å². The lowest BCUT2D eigenvalue weighted by Crippen LogP contribution is -2.70. The van der Waals surface area contributed by atoms with Gasteiger partial charge in [0.05, 0.1) is 13.2 Å². The third-order valence-electron chi connectivity index (χ3n) is 8.72. The van der Waals surface area contributed by atoms with Crippen LogP contribution in [-0.4, -0.2) is 58.3 Å². The average molecular weight is 507 g/mol. The van der Waals surface area contributed by atoms with Gasteiger partial charge in [0.2, 0.25) is 10.4 Å². The zero-order chi connectivity index (χ0) is 24.6. The number of ether oxygens (including phenoxy) is 2. The van der Waals surface area contributed by atoms with Crippen molar-refractivity contribution in [1.29, 1.82) is 0 Å². The van der Waals surface area contributed by atoms with Gasteiger partial charge in [-0.05, 0) is 56.3 Å². The predicted molar refractivity (Wildman–Crippen MR) is 115 cm³/mol. The molecule has 182 valence electrons. The first-order valence-corrected chi connectivity index (χ1v) is 11.7. The van der Waals surface area contributed by atoms with E-state index in [2.05, 4.69) is 0 Å². The smallest absolute Gasteiger partial charge is 0.350 e. The van der Waals surface area contributed by atoms with E-state index < -0.39 is 68.8 Å². The number of allylic oxidation sites excluding steroid dienone is 4. The van der Waals surface area contributed by atoms with Gasteiger partial charge in [-0.15, -0.1) is 0 Å². The Morgan fingerprint density at radius 3 is 2.55 bits per heavy atom. The summed E-state index contributed by atoms with van der Waals surface area (Å²) in [5.41, 5.74) is -6.99. The van der Waals surface area contributed by atoms with E-state index in [0.29, 0.717) is 0 Å². The van der Waals surface area contributed by atoms with Crippen LogP contribution in [0.15, 0.2) is 23.8 Å². The minimum Gasteiger partial charge on any atom is -0.466 e. The Hall–Kier alpha value is -1.51. The lowest BCUT2D eigenvalue weighted by atomic mass is 9.44. The first-order valence-electron chi connectivity index (χ1n) is 10.8. The van der Waals surface area contributed by atoms with Crippen LogP contribution in [0, 0.1) is 22.7 Å². The van der Waals surface area contributed by atoms with Gasteiger partial charge in [0.15, 0.2) is 11.5 Å². The molecule has 0 aromatic rings. The van der Waals surface area contributed by atoms with Gasteiger partial charge >= 0.3 is 11.9 Å². The molecule has 0 heterocycles. The van der Waals surface area contributed by atoms with Crippen LogP contribution in [-0.2, 0) is 23.9 Å². The van der Waals surface area contributed by atoms with Crippen LogP contribution >= 0.6 is 23.2 Å². The van der Waals surface area contributed by atoms with Crippen molar-refractivity contribution in [3.05, 3.63) is 23.8 Å². The van der Waals surface area contributed by atoms with Crippen LogP contribution in [0.5, 0.6) is 0 Å². The van der Waals surface area contributed by atoms with Gasteiger partial charge in [0.1, 0.15) is 6.17 Å². The third-order valence-corrected chi connectivity index (χ3v) is 9.07. The van der Waals surface area contributed by atoms with E-state index in [1.54, 1.807) is 6.92 Å². The fourth-order valence-corrected chi connectivity index (χ4v) is 7.21. The zero-order valence-corrected chi connectivity index (χ0v) is 20.0. The van der Waals surface area contributed by atoms with Crippen LogP contribution in [0.1, 0.15) is 39.5 Å². The number of fused-ring (bicyclic) bond motifs is 5. The Morgan fingerprint density at radius 2 is 1.94 bits per heavy atom. The number of esters is 2. The fraction of sp³-hybridized carbons (Fsp3) is 0.696. The molecule has 3 saturated carbocycles. The summed E-state index contributed by atoms with van der Waals surface area (Å²) in [5, 5.41) is 11.3. The molecular formula is C23H26Cl2F2O6. The molecule has 0 amide bonds. The zero-order valence-electron chi connectivity index (χ0n) is 18.4. The van der Waals surface area contributed by atoms with Crippen LogP contribution in [0.4, 0.5) is 8.78 Å². The number of alkyl halides is 4. The maximum absolute atomic E-state index is 17.1. The Labute approximate surface area is 200 Å². The highest BCUT2D eigenvalue weighted by atomic mass is 35.5. The Kier molecular flexibility index (Phi) is 5.78. The number of carbonyl (C=O) groups is 3. The van der Waals surface area contributed by atoms with Gasteiger partial charge in [0.25, 0.3) is 0 Å². The van der Waals surface area contributed by atoms with Crippen molar-refractivity contribution in [1.82, 2.24) is 0 Å². The summed E-state index contributed by atoms with van der Waals surface area (Å²) in [4.78, 5) is 35.7. The van der Waals surface area contributed by atoms with Gasteiger partial charge in [-0.2, -0.15) is 0 Å². The predicted octanol–water partition coefficient (Wildman–Crippen LogP) is 3.56. The summed E-state index contributed by atoms with van der Waals surface area (Å²) in [6, 6.07) is 0. The number of aliphatic hydroxyl groups excluding tert-OH is 1. The van der Waals surface area contributed by atoms with Crippen LogP contribution in [0.3, 0.4) is 0 Å². The van der Waals surface area contributed by atoms with E-state index >= 15 is 8.78 Å². The molecule has 0 saturated heterocycles. The van der Waals surface area contributed by atoms with E-state index in [1.807, 2.05) is 0 Å². The molecule has 4 aliphatic rings.